The van der Waals surface area contributed by atoms with Crippen molar-refractivity contribution in [3.8, 4) is 0 Å². The van der Waals surface area contributed by atoms with Crippen LogP contribution in [0.1, 0.15) is 20.3 Å². The summed E-state index contributed by atoms with van der Waals surface area (Å²) in [6.07, 6.45) is -0.0376. The quantitative estimate of drug-likeness (QED) is 0.722. The van der Waals surface area contributed by atoms with Gasteiger partial charge in [0.1, 0.15) is 0 Å². The zero-order chi connectivity index (χ0) is 12.7. The first kappa shape index (κ1) is 13.8. The minimum atomic E-state index is -2.08. The van der Waals surface area contributed by atoms with E-state index in [2.05, 4.69) is 5.10 Å². The number of rotatable bonds is 1. The van der Waals surface area contributed by atoms with E-state index in [0.29, 0.717) is 10.7 Å². The molecule has 0 aliphatic carbocycles. The van der Waals surface area contributed by atoms with Gasteiger partial charge in [-0.25, -0.2) is 4.79 Å². The molecule has 1 aliphatic heterocycles. The number of hydrazone groups is 1. The second-order valence-corrected chi connectivity index (χ2v) is 6.17. The number of halogens is 3. The molecule has 2 amide bonds. The Balaban J connectivity index is 3.12. The van der Waals surface area contributed by atoms with E-state index in [1.54, 1.807) is 0 Å². The monoisotopic (exact) mass is 287 g/mol. The number of nitrogens with two attached hydrogens (primary N) is 1. The van der Waals surface area contributed by atoms with Crippen molar-refractivity contribution in [3.05, 3.63) is 0 Å². The van der Waals surface area contributed by atoms with E-state index in [0.717, 1.165) is 0 Å². The van der Waals surface area contributed by atoms with Gasteiger partial charge in [-0.2, -0.15) is 10.1 Å². The van der Waals surface area contributed by atoms with E-state index < -0.39 is 15.5 Å². The van der Waals surface area contributed by atoms with Gasteiger partial charge in [-0.05, 0) is 5.92 Å². The first-order valence-electron chi connectivity index (χ1n) is 4.55. The molecule has 0 fully saturated rings. The molecule has 0 saturated heterocycles. The van der Waals surface area contributed by atoms with Crippen LogP contribution >= 0.6 is 34.8 Å². The fourth-order valence-corrected chi connectivity index (χ4v) is 1.79. The van der Waals surface area contributed by atoms with Crippen LogP contribution in [0.3, 0.4) is 0 Å². The number of alkyl halides is 3. The second kappa shape index (κ2) is 4.22. The van der Waals surface area contributed by atoms with Crippen LogP contribution in [-0.4, -0.2) is 31.4 Å². The number of hydrogen-bond acceptors (Lipinski definition) is 3. The van der Waals surface area contributed by atoms with E-state index in [1.807, 2.05) is 13.8 Å². The Morgan fingerprint density at radius 1 is 1.62 bits per heavy atom. The highest BCUT2D eigenvalue weighted by Gasteiger charge is 2.57. The van der Waals surface area contributed by atoms with Gasteiger partial charge in [0.05, 0.1) is 0 Å². The lowest BCUT2D eigenvalue weighted by Gasteiger charge is -2.35. The topological polar surface area (TPSA) is 78.9 Å². The van der Waals surface area contributed by atoms with Crippen molar-refractivity contribution >= 4 is 46.5 Å². The Hall–Kier alpha value is -0.230. The molecule has 0 radical (unpaired) electrons. The Morgan fingerprint density at radius 2 is 2.12 bits per heavy atom. The van der Waals surface area contributed by atoms with Crippen LogP contribution in [0.5, 0.6) is 0 Å². The molecule has 1 heterocycles. The Kier molecular flexibility index (Phi) is 3.65. The predicted molar refractivity (Wildman–Crippen MR) is 63.6 cm³/mol. The van der Waals surface area contributed by atoms with Gasteiger partial charge in [-0.3, -0.25) is 0 Å². The van der Waals surface area contributed by atoms with Gasteiger partial charge in [-0.1, -0.05) is 48.7 Å². The van der Waals surface area contributed by atoms with Crippen LogP contribution in [-0.2, 0) is 0 Å². The van der Waals surface area contributed by atoms with E-state index >= 15 is 0 Å². The van der Waals surface area contributed by atoms with Crippen molar-refractivity contribution in [1.29, 1.82) is 0 Å². The molecule has 1 rings (SSSR count). The maximum absolute atomic E-state index is 11.1. The minimum absolute atomic E-state index is 0.0169. The molecule has 5 nitrogen and oxygen atoms in total. The summed E-state index contributed by atoms with van der Waals surface area (Å²) < 4.78 is -2.08. The van der Waals surface area contributed by atoms with Crippen LogP contribution < -0.4 is 5.73 Å². The Morgan fingerprint density at radius 3 is 2.38 bits per heavy atom. The molecule has 0 saturated carbocycles. The fraction of sp³-hybridized carbons (Fsp3) is 0.750. The van der Waals surface area contributed by atoms with Gasteiger partial charge >= 0.3 is 6.03 Å². The summed E-state index contributed by atoms with van der Waals surface area (Å²) in [7, 11) is 0. The molecular weight excluding hydrogens is 276 g/mol. The third-order valence-corrected chi connectivity index (χ3v) is 3.24. The predicted octanol–water partition coefficient (Wildman–Crippen LogP) is 1.84. The first-order chi connectivity index (χ1) is 7.09. The van der Waals surface area contributed by atoms with Crippen molar-refractivity contribution < 1.29 is 9.90 Å². The lowest BCUT2D eigenvalue weighted by atomic mass is 10.0. The standard InChI is InChI=1S/C8H12Cl3N3O2/c1-4(2)5-3-7(16,8(9,10)11)14(13-5)6(12)15/h4,16H,3H2,1-2H3,(H2,12,15). The molecule has 0 spiro atoms. The highest BCUT2D eigenvalue weighted by atomic mass is 35.6. The molecule has 1 atom stereocenters. The van der Waals surface area contributed by atoms with Crippen LogP contribution in [0, 0.1) is 5.92 Å². The van der Waals surface area contributed by atoms with Gasteiger partial charge in [0.2, 0.25) is 9.52 Å². The zero-order valence-corrected chi connectivity index (χ0v) is 11.0. The van der Waals surface area contributed by atoms with Crippen LogP contribution in [0.4, 0.5) is 4.79 Å². The third-order valence-electron chi connectivity index (χ3n) is 2.34. The molecule has 1 aliphatic rings. The number of carbonyl (C=O) groups excluding carboxylic acids is 1. The van der Waals surface area contributed by atoms with Gasteiger partial charge in [-0.15, -0.1) is 0 Å². The lowest BCUT2D eigenvalue weighted by molar-refractivity contribution is -0.0583. The van der Waals surface area contributed by atoms with Crippen molar-refractivity contribution in [2.24, 2.45) is 16.8 Å². The molecule has 8 heteroatoms. The summed E-state index contributed by atoms with van der Waals surface area (Å²) in [5.74, 6) is 0.0169. The second-order valence-electron chi connectivity index (χ2n) is 3.89. The maximum Gasteiger partial charge on any atom is 0.338 e. The number of amides is 2. The number of carbonyl (C=O) groups is 1. The molecule has 92 valence electrons. The SMILES string of the molecule is CC(C)C1=NN(C(N)=O)C(O)(C(Cl)(Cl)Cl)C1. The summed E-state index contributed by atoms with van der Waals surface area (Å²) in [6, 6.07) is -0.968. The molecule has 16 heavy (non-hydrogen) atoms. The number of primary amides is 1. The fourth-order valence-electron chi connectivity index (χ4n) is 1.35. The molecule has 0 aromatic heterocycles. The van der Waals surface area contributed by atoms with Crippen LogP contribution in [0.25, 0.3) is 0 Å². The largest absolute Gasteiger partial charge is 0.365 e. The zero-order valence-electron chi connectivity index (χ0n) is 8.75. The average molecular weight is 289 g/mol. The van der Waals surface area contributed by atoms with E-state index in [9.17, 15) is 9.90 Å². The van der Waals surface area contributed by atoms with Crippen LogP contribution in [0.2, 0.25) is 0 Å². The Bertz CT molecular complexity index is 340. The van der Waals surface area contributed by atoms with Crippen LogP contribution in [0.15, 0.2) is 5.10 Å². The Labute approximate surface area is 108 Å². The normalized spacial score (nSPS) is 26.2. The van der Waals surface area contributed by atoms with Crippen molar-refractivity contribution in [3.63, 3.8) is 0 Å². The van der Waals surface area contributed by atoms with Crippen molar-refractivity contribution in [2.75, 3.05) is 0 Å². The molecule has 1 unspecified atom stereocenters. The highest BCUT2D eigenvalue weighted by molar-refractivity contribution is 6.68. The van der Waals surface area contributed by atoms with Gasteiger partial charge in [0.15, 0.2) is 0 Å². The maximum atomic E-state index is 11.1. The molecule has 3 N–H and O–H groups in total. The average Bonchev–Trinajstić information content (AvgIpc) is 2.43. The van der Waals surface area contributed by atoms with E-state index in [1.165, 1.54) is 0 Å². The number of hydrogen-bond donors (Lipinski definition) is 2. The highest BCUT2D eigenvalue weighted by Crippen LogP contribution is 2.46. The summed E-state index contributed by atoms with van der Waals surface area (Å²) in [5, 5.41) is 14.7. The smallest absolute Gasteiger partial charge is 0.338 e. The molecule has 0 aromatic carbocycles. The summed E-state index contributed by atoms with van der Waals surface area (Å²) >= 11 is 16.9. The molecule has 0 bridgehead atoms. The number of nitrogens with zero attached hydrogens (tertiary/aromatic N) is 2. The third kappa shape index (κ3) is 2.22. The van der Waals surface area contributed by atoms with Gasteiger partial charge < -0.3 is 10.8 Å². The number of urea groups is 1. The summed E-state index contributed by atoms with van der Waals surface area (Å²) in [6.45, 7) is 3.70. The van der Waals surface area contributed by atoms with Gasteiger partial charge in [0, 0.05) is 12.1 Å². The lowest BCUT2D eigenvalue weighted by Crippen LogP contribution is -2.56. The summed E-state index contributed by atoms with van der Waals surface area (Å²) in [5.41, 5.74) is 3.60. The molecule has 0 aromatic rings. The first-order valence-corrected chi connectivity index (χ1v) is 5.69. The minimum Gasteiger partial charge on any atom is -0.365 e. The van der Waals surface area contributed by atoms with E-state index in [-0.39, 0.29) is 12.3 Å². The van der Waals surface area contributed by atoms with E-state index in [4.69, 9.17) is 40.5 Å². The summed E-state index contributed by atoms with van der Waals surface area (Å²) in [4.78, 5) is 11.1. The van der Waals surface area contributed by atoms with Crippen molar-refractivity contribution in [1.82, 2.24) is 5.01 Å². The van der Waals surface area contributed by atoms with Crippen molar-refractivity contribution in [2.45, 2.75) is 29.8 Å². The van der Waals surface area contributed by atoms with Gasteiger partial charge in [0.25, 0.3) is 0 Å². The number of aliphatic hydroxyl groups is 1. The molecular formula is C8H12Cl3N3O2.